The molecule has 0 heterocycles. The highest BCUT2D eigenvalue weighted by Crippen LogP contribution is 2.23. The molecule has 1 unspecified atom stereocenters. The molecule has 0 fully saturated rings. The van der Waals surface area contributed by atoms with Gasteiger partial charge in [0.15, 0.2) is 0 Å². The van der Waals surface area contributed by atoms with Crippen LogP contribution in [-0.2, 0) is 4.79 Å². The maximum atomic E-state index is 11.1. The SMILES string of the molecule is CC(N)C(=O)Oc1ccccc1Cl. The molecule has 0 aliphatic rings. The predicted octanol–water partition coefficient (Wildman–Crippen LogP) is 1.59. The summed E-state index contributed by atoms with van der Waals surface area (Å²) in [5.41, 5.74) is 5.32. The fraction of sp³-hybridized carbons (Fsp3) is 0.222. The molecular formula is C9H10ClNO2. The molecule has 3 nitrogen and oxygen atoms in total. The number of hydrogen-bond acceptors (Lipinski definition) is 3. The lowest BCUT2D eigenvalue weighted by Gasteiger charge is -2.07. The molecule has 0 amide bonds. The summed E-state index contributed by atoms with van der Waals surface area (Å²) in [6, 6.07) is 6.10. The first-order valence-corrected chi connectivity index (χ1v) is 4.21. The van der Waals surface area contributed by atoms with Crippen LogP contribution in [0.3, 0.4) is 0 Å². The van der Waals surface area contributed by atoms with Crippen molar-refractivity contribution >= 4 is 17.6 Å². The topological polar surface area (TPSA) is 52.3 Å². The number of carbonyl (C=O) groups is 1. The summed E-state index contributed by atoms with van der Waals surface area (Å²) in [6.07, 6.45) is 0. The third-order valence-electron chi connectivity index (χ3n) is 1.42. The van der Waals surface area contributed by atoms with E-state index in [1.807, 2.05) is 0 Å². The van der Waals surface area contributed by atoms with E-state index in [0.717, 1.165) is 0 Å². The van der Waals surface area contributed by atoms with Gasteiger partial charge in [-0.2, -0.15) is 0 Å². The molecule has 13 heavy (non-hydrogen) atoms. The third-order valence-corrected chi connectivity index (χ3v) is 1.73. The van der Waals surface area contributed by atoms with Gasteiger partial charge in [-0.25, -0.2) is 4.79 Å². The maximum absolute atomic E-state index is 11.1. The van der Waals surface area contributed by atoms with Crippen LogP contribution in [0.1, 0.15) is 6.92 Å². The zero-order chi connectivity index (χ0) is 9.84. The van der Waals surface area contributed by atoms with E-state index in [4.69, 9.17) is 22.1 Å². The van der Waals surface area contributed by atoms with Gasteiger partial charge in [0.1, 0.15) is 11.8 Å². The monoisotopic (exact) mass is 199 g/mol. The number of benzene rings is 1. The van der Waals surface area contributed by atoms with Gasteiger partial charge < -0.3 is 10.5 Å². The highest BCUT2D eigenvalue weighted by molar-refractivity contribution is 6.32. The van der Waals surface area contributed by atoms with Crippen molar-refractivity contribution in [3.8, 4) is 5.75 Å². The van der Waals surface area contributed by atoms with Crippen molar-refractivity contribution in [2.24, 2.45) is 5.73 Å². The molecule has 0 spiro atoms. The Labute approximate surface area is 81.4 Å². The number of ether oxygens (including phenoxy) is 1. The molecule has 1 aromatic rings. The molecule has 70 valence electrons. The summed E-state index contributed by atoms with van der Waals surface area (Å²) in [5, 5.41) is 0.400. The van der Waals surface area contributed by atoms with Crippen LogP contribution in [0.5, 0.6) is 5.75 Å². The molecular weight excluding hydrogens is 190 g/mol. The van der Waals surface area contributed by atoms with Gasteiger partial charge in [-0.05, 0) is 19.1 Å². The van der Waals surface area contributed by atoms with E-state index in [-0.39, 0.29) is 0 Å². The molecule has 0 saturated carbocycles. The summed E-state index contributed by atoms with van der Waals surface area (Å²) >= 11 is 5.75. The summed E-state index contributed by atoms with van der Waals surface area (Å²) in [5.74, 6) is -0.153. The van der Waals surface area contributed by atoms with Crippen LogP contribution < -0.4 is 10.5 Å². The second kappa shape index (κ2) is 4.25. The zero-order valence-corrected chi connectivity index (χ0v) is 7.91. The largest absolute Gasteiger partial charge is 0.424 e. The highest BCUT2D eigenvalue weighted by atomic mass is 35.5. The first-order chi connectivity index (χ1) is 6.11. The standard InChI is InChI=1S/C9H10ClNO2/c1-6(11)9(12)13-8-5-3-2-4-7(8)10/h2-6H,11H2,1H3. The minimum absolute atomic E-state index is 0.339. The highest BCUT2D eigenvalue weighted by Gasteiger charge is 2.11. The van der Waals surface area contributed by atoms with Gasteiger partial charge in [0.05, 0.1) is 5.02 Å². The number of carbonyl (C=O) groups excluding carboxylic acids is 1. The Morgan fingerprint density at radius 3 is 2.69 bits per heavy atom. The fourth-order valence-electron chi connectivity index (χ4n) is 0.729. The smallest absolute Gasteiger partial charge is 0.328 e. The average Bonchev–Trinajstić information content (AvgIpc) is 2.08. The van der Waals surface area contributed by atoms with E-state index in [0.29, 0.717) is 10.8 Å². The lowest BCUT2D eigenvalue weighted by atomic mass is 10.3. The van der Waals surface area contributed by atoms with E-state index in [9.17, 15) is 4.79 Å². The second-order valence-electron chi connectivity index (χ2n) is 2.64. The molecule has 0 radical (unpaired) electrons. The fourth-order valence-corrected chi connectivity index (χ4v) is 0.903. The number of para-hydroxylation sites is 1. The minimum atomic E-state index is -0.642. The third kappa shape index (κ3) is 2.72. The number of hydrogen-bond donors (Lipinski definition) is 1. The molecule has 1 atom stereocenters. The molecule has 4 heteroatoms. The summed E-state index contributed by atoms with van der Waals surface area (Å²) in [4.78, 5) is 11.1. The number of halogens is 1. The number of nitrogens with two attached hydrogens (primary N) is 1. The molecule has 0 aliphatic heterocycles. The van der Waals surface area contributed by atoms with E-state index in [2.05, 4.69) is 0 Å². The summed E-state index contributed by atoms with van der Waals surface area (Å²) < 4.78 is 4.91. The van der Waals surface area contributed by atoms with Crippen LogP contribution in [0, 0.1) is 0 Å². The predicted molar refractivity (Wildman–Crippen MR) is 50.7 cm³/mol. The Bertz CT molecular complexity index is 312. The first-order valence-electron chi connectivity index (χ1n) is 3.83. The molecule has 0 saturated heterocycles. The van der Waals surface area contributed by atoms with Crippen LogP contribution >= 0.6 is 11.6 Å². The Balaban J connectivity index is 2.75. The van der Waals surface area contributed by atoms with E-state index in [1.54, 1.807) is 31.2 Å². The number of esters is 1. The van der Waals surface area contributed by atoms with Crippen molar-refractivity contribution in [3.63, 3.8) is 0 Å². The first kappa shape index (κ1) is 10.0. The van der Waals surface area contributed by atoms with Gasteiger partial charge >= 0.3 is 5.97 Å². The normalized spacial score (nSPS) is 12.2. The Kier molecular flexibility index (Phi) is 3.28. The van der Waals surface area contributed by atoms with Crippen LogP contribution in [0.4, 0.5) is 0 Å². The van der Waals surface area contributed by atoms with Crippen LogP contribution in [0.2, 0.25) is 5.02 Å². The number of rotatable bonds is 2. The van der Waals surface area contributed by atoms with Gasteiger partial charge in [-0.15, -0.1) is 0 Å². The summed E-state index contributed by atoms with van der Waals surface area (Å²) in [7, 11) is 0. The van der Waals surface area contributed by atoms with Gasteiger partial charge in [0.25, 0.3) is 0 Å². The van der Waals surface area contributed by atoms with E-state index in [1.165, 1.54) is 0 Å². The van der Waals surface area contributed by atoms with Crippen molar-refractivity contribution < 1.29 is 9.53 Å². The van der Waals surface area contributed by atoms with Crippen molar-refractivity contribution in [1.29, 1.82) is 0 Å². The molecule has 1 aromatic carbocycles. The Hall–Kier alpha value is -1.06. The van der Waals surface area contributed by atoms with Gasteiger partial charge in [-0.1, -0.05) is 23.7 Å². The Morgan fingerprint density at radius 2 is 2.15 bits per heavy atom. The molecule has 0 aliphatic carbocycles. The summed E-state index contributed by atoms with van der Waals surface area (Å²) in [6.45, 7) is 1.55. The van der Waals surface area contributed by atoms with Gasteiger partial charge in [0, 0.05) is 0 Å². The quantitative estimate of drug-likeness (QED) is 0.582. The molecule has 0 bridgehead atoms. The molecule has 0 aromatic heterocycles. The lowest BCUT2D eigenvalue weighted by molar-refractivity contribution is -0.135. The van der Waals surface area contributed by atoms with E-state index >= 15 is 0 Å². The van der Waals surface area contributed by atoms with Crippen molar-refractivity contribution in [2.45, 2.75) is 13.0 Å². The van der Waals surface area contributed by atoms with E-state index < -0.39 is 12.0 Å². The van der Waals surface area contributed by atoms with Crippen molar-refractivity contribution in [2.75, 3.05) is 0 Å². The average molecular weight is 200 g/mol. The lowest BCUT2D eigenvalue weighted by Crippen LogP contribution is -2.30. The van der Waals surface area contributed by atoms with Crippen molar-refractivity contribution in [3.05, 3.63) is 29.3 Å². The molecule has 1 rings (SSSR count). The minimum Gasteiger partial charge on any atom is -0.424 e. The van der Waals surface area contributed by atoms with Gasteiger partial charge in [0.2, 0.25) is 0 Å². The zero-order valence-electron chi connectivity index (χ0n) is 7.16. The van der Waals surface area contributed by atoms with Gasteiger partial charge in [-0.3, -0.25) is 0 Å². The van der Waals surface area contributed by atoms with Crippen LogP contribution in [-0.4, -0.2) is 12.0 Å². The molecule has 2 N–H and O–H groups in total. The second-order valence-corrected chi connectivity index (χ2v) is 3.05. The Morgan fingerprint density at radius 1 is 1.54 bits per heavy atom. The maximum Gasteiger partial charge on any atom is 0.328 e. The van der Waals surface area contributed by atoms with Crippen LogP contribution in [0.25, 0.3) is 0 Å². The van der Waals surface area contributed by atoms with Crippen LogP contribution in [0.15, 0.2) is 24.3 Å². The van der Waals surface area contributed by atoms with Crippen molar-refractivity contribution in [1.82, 2.24) is 0 Å².